The Morgan fingerprint density at radius 1 is 1.43 bits per heavy atom. The highest BCUT2D eigenvalue weighted by molar-refractivity contribution is 9.10. The molecule has 1 N–H and O–H groups in total. The fourth-order valence-corrected chi connectivity index (χ4v) is 2.27. The van der Waals surface area contributed by atoms with Gasteiger partial charge in [-0.3, -0.25) is 0 Å². The summed E-state index contributed by atoms with van der Waals surface area (Å²) in [4.78, 5) is 0.937. The van der Waals surface area contributed by atoms with Crippen LogP contribution in [-0.4, -0.2) is 4.99 Å². The van der Waals surface area contributed by atoms with Crippen molar-refractivity contribution in [1.82, 2.24) is 0 Å². The molecule has 0 fully saturated rings. The van der Waals surface area contributed by atoms with Gasteiger partial charge in [-0.1, -0.05) is 42.0 Å². The molecule has 14 heavy (non-hydrogen) atoms. The van der Waals surface area contributed by atoms with E-state index in [4.69, 9.17) is 12.2 Å². The number of halogens is 1. The summed E-state index contributed by atoms with van der Waals surface area (Å²) in [5.74, 6) is 0. The van der Waals surface area contributed by atoms with E-state index in [0.29, 0.717) is 0 Å². The molecule has 1 nitrogen and oxygen atoms in total. The molecule has 0 amide bonds. The van der Waals surface area contributed by atoms with Crippen LogP contribution in [0.15, 0.2) is 22.7 Å². The summed E-state index contributed by atoms with van der Waals surface area (Å²) >= 11 is 8.81. The number of hydrogen-bond acceptors (Lipinski definition) is 1. The summed E-state index contributed by atoms with van der Waals surface area (Å²) in [6, 6.07) is 6.26. The molecule has 0 spiro atoms. The van der Waals surface area contributed by atoms with E-state index in [1.54, 1.807) is 0 Å². The molecule has 0 aliphatic carbocycles. The third-order valence-electron chi connectivity index (χ3n) is 2.56. The van der Waals surface area contributed by atoms with Gasteiger partial charge in [0, 0.05) is 15.6 Å². The molecule has 3 heteroatoms. The van der Waals surface area contributed by atoms with Crippen molar-refractivity contribution in [2.24, 2.45) is 5.41 Å². The number of hydrogen-bond donors (Lipinski definition) is 1. The molecule has 2 rings (SSSR count). The maximum Gasteiger partial charge on any atom is 0.0857 e. The van der Waals surface area contributed by atoms with Crippen LogP contribution in [0.1, 0.15) is 19.4 Å². The molecule has 1 aromatic carbocycles. The van der Waals surface area contributed by atoms with Crippen LogP contribution in [-0.2, 0) is 6.42 Å². The zero-order chi connectivity index (χ0) is 10.3. The molecular formula is C11H12BrNS. The monoisotopic (exact) mass is 269 g/mol. The third-order valence-corrected chi connectivity index (χ3v) is 3.71. The zero-order valence-electron chi connectivity index (χ0n) is 8.23. The Hall–Kier alpha value is -0.410. The summed E-state index contributed by atoms with van der Waals surface area (Å²) in [5, 5.41) is 3.29. The molecule has 1 heterocycles. The predicted octanol–water partition coefficient (Wildman–Crippen LogP) is 3.77. The van der Waals surface area contributed by atoms with E-state index in [-0.39, 0.29) is 5.41 Å². The molecular weight excluding hydrogens is 258 g/mol. The van der Waals surface area contributed by atoms with Gasteiger partial charge < -0.3 is 5.32 Å². The Labute approximate surface area is 98.0 Å². The lowest BCUT2D eigenvalue weighted by Crippen LogP contribution is -2.35. The average Bonchev–Trinajstić information content (AvgIpc) is 2.07. The molecule has 0 aromatic heterocycles. The van der Waals surface area contributed by atoms with Gasteiger partial charge in [0.05, 0.1) is 4.99 Å². The highest BCUT2D eigenvalue weighted by atomic mass is 79.9. The Morgan fingerprint density at radius 2 is 2.14 bits per heavy atom. The first kappa shape index (κ1) is 10.1. The molecule has 1 aliphatic heterocycles. The van der Waals surface area contributed by atoms with Crippen molar-refractivity contribution >= 4 is 38.8 Å². The molecule has 1 aliphatic rings. The Morgan fingerprint density at radius 3 is 2.86 bits per heavy atom. The second-order valence-electron chi connectivity index (χ2n) is 4.32. The van der Waals surface area contributed by atoms with Crippen molar-refractivity contribution in [2.75, 3.05) is 5.32 Å². The first-order valence-corrected chi connectivity index (χ1v) is 5.79. The first-order valence-electron chi connectivity index (χ1n) is 4.59. The van der Waals surface area contributed by atoms with Crippen molar-refractivity contribution in [3.05, 3.63) is 28.2 Å². The maximum absolute atomic E-state index is 5.33. The highest BCUT2D eigenvalue weighted by Crippen LogP contribution is 2.35. The van der Waals surface area contributed by atoms with Gasteiger partial charge in [0.2, 0.25) is 0 Å². The van der Waals surface area contributed by atoms with Crippen molar-refractivity contribution in [3.63, 3.8) is 0 Å². The molecule has 0 saturated carbocycles. The summed E-state index contributed by atoms with van der Waals surface area (Å²) in [6.45, 7) is 4.35. The number of fused-ring (bicyclic) bond motifs is 1. The van der Waals surface area contributed by atoms with Gasteiger partial charge in [-0.05, 0) is 30.2 Å². The van der Waals surface area contributed by atoms with Gasteiger partial charge in [0.15, 0.2) is 0 Å². The van der Waals surface area contributed by atoms with E-state index in [1.165, 1.54) is 5.56 Å². The van der Waals surface area contributed by atoms with Crippen LogP contribution in [0.5, 0.6) is 0 Å². The summed E-state index contributed by atoms with van der Waals surface area (Å²) in [6.07, 6.45) is 1.01. The zero-order valence-corrected chi connectivity index (χ0v) is 10.6. The van der Waals surface area contributed by atoms with E-state index in [1.807, 2.05) is 6.07 Å². The van der Waals surface area contributed by atoms with Crippen LogP contribution < -0.4 is 5.32 Å². The van der Waals surface area contributed by atoms with E-state index >= 15 is 0 Å². The van der Waals surface area contributed by atoms with Gasteiger partial charge >= 0.3 is 0 Å². The summed E-state index contributed by atoms with van der Waals surface area (Å²) in [7, 11) is 0. The van der Waals surface area contributed by atoms with Crippen LogP contribution >= 0.6 is 28.1 Å². The molecule has 0 saturated heterocycles. The van der Waals surface area contributed by atoms with Gasteiger partial charge in [0.1, 0.15) is 0 Å². The average molecular weight is 270 g/mol. The van der Waals surface area contributed by atoms with E-state index < -0.39 is 0 Å². The minimum Gasteiger partial charge on any atom is -0.349 e. The molecule has 0 radical (unpaired) electrons. The largest absolute Gasteiger partial charge is 0.349 e. The van der Waals surface area contributed by atoms with E-state index in [9.17, 15) is 0 Å². The van der Waals surface area contributed by atoms with Crippen LogP contribution in [0.4, 0.5) is 5.69 Å². The fourth-order valence-electron chi connectivity index (χ4n) is 1.68. The van der Waals surface area contributed by atoms with E-state index in [2.05, 4.69) is 47.2 Å². The number of thiocarbonyl (C=S) groups is 1. The number of anilines is 1. The van der Waals surface area contributed by atoms with Crippen molar-refractivity contribution in [1.29, 1.82) is 0 Å². The lowest BCUT2D eigenvalue weighted by atomic mass is 9.82. The number of rotatable bonds is 0. The normalized spacial score (nSPS) is 18.6. The highest BCUT2D eigenvalue weighted by Gasteiger charge is 2.29. The number of benzene rings is 1. The van der Waals surface area contributed by atoms with Crippen LogP contribution in [0.2, 0.25) is 0 Å². The lowest BCUT2D eigenvalue weighted by Gasteiger charge is -2.33. The minimum atomic E-state index is 0.0725. The van der Waals surface area contributed by atoms with Gasteiger partial charge in [0.25, 0.3) is 0 Å². The predicted molar refractivity (Wildman–Crippen MR) is 67.8 cm³/mol. The minimum absolute atomic E-state index is 0.0725. The van der Waals surface area contributed by atoms with Crippen LogP contribution in [0.25, 0.3) is 0 Å². The van der Waals surface area contributed by atoms with Crippen molar-refractivity contribution < 1.29 is 0 Å². The smallest absolute Gasteiger partial charge is 0.0857 e. The van der Waals surface area contributed by atoms with Crippen molar-refractivity contribution in [3.8, 4) is 0 Å². The molecule has 1 aromatic rings. The summed E-state index contributed by atoms with van der Waals surface area (Å²) in [5.41, 5.74) is 2.55. The molecule has 0 unspecified atom stereocenters. The first-order chi connectivity index (χ1) is 6.49. The molecule has 0 atom stereocenters. The third kappa shape index (κ3) is 1.71. The Bertz CT molecular complexity index is 398. The van der Waals surface area contributed by atoms with Crippen LogP contribution in [0.3, 0.4) is 0 Å². The second kappa shape index (κ2) is 3.31. The Balaban J connectivity index is 2.46. The second-order valence-corrected chi connectivity index (χ2v) is 5.64. The topological polar surface area (TPSA) is 12.0 Å². The van der Waals surface area contributed by atoms with Gasteiger partial charge in [-0.2, -0.15) is 0 Å². The fraction of sp³-hybridized carbons (Fsp3) is 0.364. The van der Waals surface area contributed by atoms with Crippen LogP contribution in [0, 0.1) is 5.41 Å². The SMILES string of the molecule is CC1(C)Cc2cc(Br)ccc2NC1=S. The molecule has 74 valence electrons. The summed E-state index contributed by atoms with van der Waals surface area (Å²) < 4.78 is 1.13. The molecule has 0 bridgehead atoms. The lowest BCUT2D eigenvalue weighted by molar-refractivity contribution is 0.520. The Kier molecular flexibility index (Phi) is 2.40. The standard InChI is InChI=1S/C11H12BrNS/c1-11(2)6-7-5-8(12)3-4-9(7)13-10(11)14/h3-5H,6H2,1-2H3,(H,13,14). The van der Waals surface area contributed by atoms with Crippen molar-refractivity contribution in [2.45, 2.75) is 20.3 Å². The van der Waals surface area contributed by atoms with Gasteiger partial charge in [-0.15, -0.1) is 0 Å². The van der Waals surface area contributed by atoms with Gasteiger partial charge in [-0.25, -0.2) is 0 Å². The quantitative estimate of drug-likeness (QED) is 0.720. The number of nitrogens with one attached hydrogen (secondary N) is 1. The maximum atomic E-state index is 5.33. The van der Waals surface area contributed by atoms with E-state index in [0.717, 1.165) is 21.6 Å².